The molecule has 0 saturated carbocycles. The predicted octanol–water partition coefficient (Wildman–Crippen LogP) is 1.77. The van der Waals surface area contributed by atoms with Crippen molar-refractivity contribution in [3.8, 4) is 0 Å². The van der Waals surface area contributed by atoms with Gasteiger partial charge >= 0.3 is 0 Å². The van der Waals surface area contributed by atoms with Gasteiger partial charge < -0.3 is 9.47 Å². The van der Waals surface area contributed by atoms with E-state index in [9.17, 15) is 0 Å². The monoisotopic (exact) mass is 281 g/mol. The second-order valence-electron chi connectivity index (χ2n) is 5.57. The normalized spacial score (nSPS) is 20.7. The lowest BCUT2D eigenvalue weighted by Gasteiger charge is -2.14. The van der Waals surface area contributed by atoms with Gasteiger partial charge in [-0.3, -0.25) is 4.68 Å². The number of alkyl halides is 1. The zero-order valence-electron chi connectivity index (χ0n) is 11.7. The first-order valence-corrected chi connectivity index (χ1v) is 7.26. The molecule has 2 aromatic heterocycles. The molecule has 1 unspecified atom stereocenters. The summed E-state index contributed by atoms with van der Waals surface area (Å²) in [6.45, 7) is 5.32. The van der Waals surface area contributed by atoms with Crippen LogP contribution in [-0.4, -0.2) is 44.4 Å². The minimum Gasteiger partial charge on any atom is -0.312 e. The topological polar surface area (TPSA) is 38.9 Å². The van der Waals surface area contributed by atoms with E-state index in [1.807, 2.05) is 18.7 Å². The van der Waals surface area contributed by atoms with Crippen LogP contribution in [0.4, 0.5) is 0 Å². The third kappa shape index (κ3) is 2.15. The van der Waals surface area contributed by atoms with E-state index in [1.54, 1.807) is 0 Å². The molecule has 5 nitrogen and oxygen atoms in total. The Morgan fingerprint density at radius 1 is 1.37 bits per heavy atom. The number of nitrogens with zero attached hydrogens (tertiary/aromatic N) is 5. The number of hydrogen-bond donors (Lipinski definition) is 0. The number of aromatic nitrogens is 4. The number of halogens is 1. The highest BCUT2D eigenvalue weighted by atomic mass is 35.5. The summed E-state index contributed by atoms with van der Waals surface area (Å²) >= 11 is 6.06. The molecule has 0 spiro atoms. The van der Waals surface area contributed by atoms with Crippen LogP contribution < -0.4 is 0 Å². The molecular weight excluding hydrogens is 262 g/mol. The first-order chi connectivity index (χ1) is 9.10. The van der Waals surface area contributed by atoms with Gasteiger partial charge in [-0.1, -0.05) is 0 Å². The van der Waals surface area contributed by atoms with Crippen molar-refractivity contribution in [1.29, 1.82) is 0 Å². The zero-order valence-corrected chi connectivity index (χ0v) is 12.5. The van der Waals surface area contributed by atoms with Crippen LogP contribution in [-0.2, 0) is 19.5 Å². The number of rotatable bonds is 3. The third-order valence-corrected chi connectivity index (χ3v) is 4.26. The molecule has 6 heteroatoms. The number of fused-ring (bicyclic) bond motifs is 1. The van der Waals surface area contributed by atoms with Gasteiger partial charge in [0.25, 0.3) is 0 Å². The van der Waals surface area contributed by atoms with Gasteiger partial charge in [-0.05, 0) is 32.9 Å². The molecule has 0 aliphatic carbocycles. The van der Waals surface area contributed by atoms with Crippen LogP contribution in [0.3, 0.4) is 0 Å². The van der Waals surface area contributed by atoms with Crippen LogP contribution in [0, 0.1) is 12.8 Å². The standard InChI is InChI=1S/C13H20ClN5/c1-9-12-13(18(3)16-9)19(11(6-14)15-12)8-10-4-5-17(2)7-10/h10H,4-8H2,1-3H3. The second kappa shape index (κ2) is 4.80. The highest BCUT2D eigenvalue weighted by Gasteiger charge is 2.23. The molecule has 1 aliphatic rings. The fourth-order valence-corrected chi connectivity index (χ4v) is 3.31. The van der Waals surface area contributed by atoms with Gasteiger partial charge in [0.15, 0.2) is 5.65 Å². The largest absolute Gasteiger partial charge is 0.312 e. The SMILES string of the molecule is Cc1nn(C)c2c1nc(CCl)n2CC1CCN(C)C1. The quantitative estimate of drug-likeness (QED) is 0.805. The number of hydrogen-bond acceptors (Lipinski definition) is 3. The van der Waals surface area contributed by atoms with Gasteiger partial charge in [-0.25, -0.2) is 4.98 Å². The molecule has 0 amide bonds. The first kappa shape index (κ1) is 12.9. The van der Waals surface area contributed by atoms with Crippen LogP contribution in [0.25, 0.3) is 11.2 Å². The summed E-state index contributed by atoms with van der Waals surface area (Å²) in [7, 11) is 4.16. The maximum absolute atomic E-state index is 6.06. The number of likely N-dealkylation sites (tertiary alicyclic amines) is 1. The van der Waals surface area contributed by atoms with Crippen molar-refractivity contribution in [3.63, 3.8) is 0 Å². The Morgan fingerprint density at radius 2 is 2.16 bits per heavy atom. The Labute approximate surface area is 118 Å². The van der Waals surface area contributed by atoms with Crippen molar-refractivity contribution in [2.75, 3.05) is 20.1 Å². The van der Waals surface area contributed by atoms with Gasteiger partial charge in [-0.15, -0.1) is 11.6 Å². The van der Waals surface area contributed by atoms with Crippen LogP contribution in [0.1, 0.15) is 17.9 Å². The average Bonchev–Trinajstić information content (AvgIpc) is 3.00. The van der Waals surface area contributed by atoms with Crippen molar-refractivity contribution in [1.82, 2.24) is 24.2 Å². The molecule has 2 aromatic rings. The smallest absolute Gasteiger partial charge is 0.158 e. The average molecular weight is 282 g/mol. The molecule has 1 atom stereocenters. The Morgan fingerprint density at radius 3 is 2.79 bits per heavy atom. The molecule has 0 N–H and O–H groups in total. The zero-order chi connectivity index (χ0) is 13.6. The first-order valence-electron chi connectivity index (χ1n) is 6.73. The van der Waals surface area contributed by atoms with E-state index in [2.05, 4.69) is 26.6 Å². The van der Waals surface area contributed by atoms with E-state index >= 15 is 0 Å². The molecule has 3 heterocycles. The number of aryl methyl sites for hydroxylation is 2. The molecule has 0 radical (unpaired) electrons. The van der Waals surface area contributed by atoms with Crippen molar-refractivity contribution in [3.05, 3.63) is 11.5 Å². The Hall–Kier alpha value is -1.07. The summed E-state index contributed by atoms with van der Waals surface area (Å²) in [5.74, 6) is 2.10. The van der Waals surface area contributed by atoms with Gasteiger partial charge in [0.05, 0.1) is 11.6 Å². The Kier molecular flexibility index (Phi) is 3.27. The molecule has 104 valence electrons. The summed E-state index contributed by atoms with van der Waals surface area (Å²) in [6, 6.07) is 0. The van der Waals surface area contributed by atoms with Gasteiger partial charge in [-0.2, -0.15) is 5.10 Å². The molecule has 19 heavy (non-hydrogen) atoms. The summed E-state index contributed by atoms with van der Waals surface area (Å²) in [6.07, 6.45) is 1.24. The molecule has 1 fully saturated rings. The van der Waals surface area contributed by atoms with Crippen molar-refractivity contribution >= 4 is 22.8 Å². The minimum absolute atomic E-state index is 0.455. The lowest BCUT2D eigenvalue weighted by molar-refractivity contribution is 0.377. The van der Waals surface area contributed by atoms with Crippen molar-refractivity contribution in [2.24, 2.45) is 13.0 Å². The van der Waals surface area contributed by atoms with Gasteiger partial charge in [0.2, 0.25) is 0 Å². The predicted molar refractivity (Wildman–Crippen MR) is 76.4 cm³/mol. The molecule has 0 bridgehead atoms. The lowest BCUT2D eigenvalue weighted by Crippen LogP contribution is -2.18. The van der Waals surface area contributed by atoms with Crippen LogP contribution in [0.15, 0.2) is 0 Å². The second-order valence-corrected chi connectivity index (χ2v) is 5.84. The summed E-state index contributed by atoms with van der Waals surface area (Å²) < 4.78 is 4.18. The number of imidazole rings is 1. The Bertz CT molecular complexity index is 600. The Balaban J connectivity index is 2.00. The van der Waals surface area contributed by atoms with E-state index in [4.69, 9.17) is 11.6 Å². The maximum Gasteiger partial charge on any atom is 0.158 e. The van der Waals surface area contributed by atoms with Crippen molar-refractivity contribution in [2.45, 2.75) is 25.8 Å². The maximum atomic E-state index is 6.06. The highest BCUT2D eigenvalue weighted by molar-refractivity contribution is 6.16. The fraction of sp³-hybridized carbons (Fsp3) is 0.692. The van der Waals surface area contributed by atoms with Crippen LogP contribution >= 0.6 is 11.6 Å². The third-order valence-electron chi connectivity index (χ3n) is 4.02. The van der Waals surface area contributed by atoms with E-state index < -0.39 is 0 Å². The molecule has 1 aliphatic heterocycles. The van der Waals surface area contributed by atoms with E-state index in [0.717, 1.165) is 35.8 Å². The molecule has 1 saturated heterocycles. The summed E-state index contributed by atoms with van der Waals surface area (Å²) in [5, 5.41) is 4.46. The van der Waals surface area contributed by atoms with Crippen LogP contribution in [0.5, 0.6) is 0 Å². The van der Waals surface area contributed by atoms with Gasteiger partial charge in [0.1, 0.15) is 11.3 Å². The highest BCUT2D eigenvalue weighted by Crippen LogP contribution is 2.24. The summed E-state index contributed by atoms with van der Waals surface area (Å²) in [4.78, 5) is 7.03. The van der Waals surface area contributed by atoms with E-state index in [0.29, 0.717) is 11.8 Å². The minimum atomic E-state index is 0.455. The molecule has 0 aromatic carbocycles. The van der Waals surface area contributed by atoms with E-state index in [1.165, 1.54) is 13.0 Å². The summed E-state index contributed by atoms with van der Waals surface area (Å²) in [5.41, 5.74) is 3.07. The fourth-order valence-electron chi connectivity index (χ4n) is 3.11. The molecule has 3 rings (SSSR count). The van der Waals surface area contributed by atoms with E-state index in [-0.39, 0.29) is 0 Å². The molecular formula is C13H20ClN5. The lowest BCUT2D eigenvalue weighted by atomic mass is 10.1. The van der Waals surface area contributed by atoms with Crippen molar-refractivity contribution < 1.29 is 0 Å². The van der Waals surface area contributed by atoms with Crippen LogP contribution in [0.2, 0.25) is 0 Å². The van der Waals surface area contributed by atoms with Gasteiger partial charge in [0, 0.05) is 20.1 Å².